The lowest BCUT2D eigenvalue weighted by atomic mass is 10.2. The second kappa shape index (κ2) is 18.5. The maximum absolute atomic E-state index is 12.0. The van der Waals surface area contributed by atoms with Gasteiger partial charge in [0.15, 0.2) is 0 Å². The summed E-state index contributed by atoms with van der Waals surface area (Å²) in [6.45, 7) is 3.55. The zero-order valence-electron chi connectivity index (χ0n) is 26.0. The first-order chi connectivity index (χ1) is 22.5. The van der Waals surface area contributed by atoms with Gasteiger partial charge in [-0.3, -0.25) is 25.1 Å². The van der Waals surface area contributed by atoms with Crippen LogP contribution in [0.4, 0.5) is 15.5 Å². The van der Waals surface area contributed by atoms with E-state index in [9.17, 15) is 14.4 Å². The van der Waals surface area contributed by atoms with Gasteiger partial charge in [-0.15, -0.1) is 0 Å². The van der Waals surface area contributed by atoms with Crippen LogP contribution in [0.25, 0.3) is 22.8 Å². The summed E-state index contributed by atoms with van der Waals surface area (Å²) in [6.07, 6.45) is 8.85. The molecule has 4 N–H and O–H groups in total. The van der Waals surface area contributed by atoms with Crippen molar-refractivity contribution in [2.45, 2.75) is 51.9 Å². The number of unbranched alkanes of at least 4 members (excludes halogenated alkanes) is 5. The Morgan fingerprint density at radius 3 is 2.00 bits per heavy atom. The van der Waals surface area contributed by atoms with E-state index in [4.69, 9.17) is 14.5 Å². The van der Waals surface area contributed by atoms with E-state index in [0.29, 0.717) is 49.1 Å². The highest BCUT2D eigenvalue weighted by Crippen LogP contribution is 2.26. The standard InChI is InChI=1S/C33H40N8O5/c1-24-21-30(42)40-31(38-24)41-32(43)36-17-7-2-3-8-18-37-33(44)46-20-12-4-11-19-45-25-22-28(26-13-5-9-15-34-26)39-29(23-25)27-14-6-10-16-35-27/h5-6,9-10,13-16,21-23H,2-4,7-8,11-12,17-20H2,1H3,(H,37,44)(H3,36,38,40,41,42,43). The van der Waals surface area contributed by atoms with Gasteiger partial charge in [-0.2, -0.15) is 0 Å². The van der Waals surface area contributed by atoms with Crippen LogP contribution in [0.2, 0.25) is 0 Å². The van der Waals surface area contributed by atoms with Crippen LogP contribution < -0.4 is 26.2 Å². The quantitative estimate of drug-likeness (QED) is 0.114. The Morgan fingerprint density at radius 2 is 1.37 bits per heavy atom. The topological polar surface area (TPSA) is 173 Å². The lowest BCUT2D eigenvalue weighted by Crippen LogP contribution is -2.31. The molecule has 0 aliphatic rings. The molecule has 0 bridgehead atoms. The number of H-pyrrole nitrogens is 1. The minimum atomic E-state index is -0.426. The molecule has 242 valence electrons. The Morgan fingerprint density at radius 1 is 0.739 bits per heavy atom. The molecular formula is C33H40N8O5. The van der Waals surface area contributed by atoms with E-state index in [1.165, 1.54) is 6.07 Å². The maximum Gasteiger partial charge on any atom is 0.407 e. The van der Waals surface area contributed by atoms with Crippen molar-refractivity contribution in [2.75, 3.05) is 31.6 Å². The number of aromatic amines is 1. The zero-order valence-corrected chi connectivity index (χ0v) is 26.0. The number of ether oxygens (including phenoxy) is 2. The van der Waals surface area contributed by atoms with E-state index in [-0.39, 0.29) is 11.5 Å². The zero-order chi connectivity index (χ0) is 32.4. The number of aromatic nitrogens is 5. The van der Waals surface area contributed by atoms with Crippen LogP contribution in [0.15, 0.2) is 71.8 Å². The van der Waals surface area contributed by atoms with E-state index in [0.717, 1.165) is 56.3 Å². The third kappa shape index (κ3) is 12.0. The highest BCUT2D eigenvalue weighted by molar-refractivity contribution is 5.87. The Balaban J connectivity index is 1.02. The van der Waals surface area contributed by atoms with Crippen molar-refractivity contribution < 1.29 is 19.1 Å². The van der Waals surface area contributed by atoms with Gasteiger partial charge in [0.2, 0.25) is 5.95 Å². The summed E-state index contributed by atoms with van der Waals surface area (Å²) in [4.78, 5) is 55.4. The molecule has 13 heteroatoms. The van der Waals surface area contributed by atoms with Crippen LogP contribution in [0.1, 0.15) is 50.6 Å². The number of aryl methyl sites for hydroxylation is 1. The van der Waals surface area contributed by atoms with Crippen molar-refractivity contribution in [2.24, 2.45) is 0 Å². The largest absolute Gasteiger partial charge is 0.493 e. The van der Waals surface area contributed by atoms with Gasteiger partial charge in [0, 0.05) is 49.4 Å². The number of anilines is 1. The smallest absolute Gasteiger partial charge is 0.407 e. The first-order valence-corrected chi connectivity index (χ1v) is 15.5. The molecule has 13 nitrogen and oxygen atoms in total. The molecular weight excluding hydrogens is 588 g/mol. The summed E-state index contributed by atoms with van der Waals surface area (Å²) >= 11 is 0. The summed E-state index contributed by atoms with van der Waals surface area (Å²) < 4.78 is 11.3. The number of nitrogens with one attached hydrogen (secondary N) is 4. The molecule has 0 unspecified atom stereocenters. The number of amides is 3. The Kier molecular flexibility index (Phi) is 13.5. The second-order valence-corrected chi connectivity index (χ2v) is 10.5. The molecule has 0 saturated heterocycles. The molecule has 46 heavy (non-hydrogen) atoms. The third-order valence-corrected chi connectivity index (χ3v) is 6.70. The van der Waals surface area contributed by atoms with Crippen LogP contribution in [0.3, 0.4) is 0 Å². The highest BCUT2D eigenvalue weighted by atomic mass is 16.5. The number of nitrogens with zero attached hydrogens (tertiary/aromatic N) is 4. The minimum Gasteiger partial charge on any atom is -0.493 e. The van der Waals surface area contributed by atoms with E-state index in [1.807, 2.05) is 48.5 Å². The average Bonchev–Trinajstić information content (AvgIpc) is 3.05. The first-order valence-electron chi connectivity index (χ1n) is 15.5. The van der Waals surface area contributed by atoms with Crippen LogP contribution >= 0.6 is 0 Å². The predicted octanol–water partition coefficient (Wildman–Crippen LogP) is 5.25. The van der Waals surface area contributed by atoms with E-state index in [2.05, 4.69) is 35.9 Å². The molecule has 4 aromatic heterocycles. The summed E-state index contributed by atoms with van der Waals surface area (Å²) in [5, 5.41) is 8.01. The molecule has 0 atom stereocenters. The van der Waals surface area contributed by atoms with Crippen molar-refractivity contribution in [3.8, 4) is 28.5 Å². The lowest BCUT2D eigenvalue weighted by molar-refractivity contribution is 0.143. The van der Waals surface area contributed by atoms with E-state index < -0.39 is 12.1 Å². The maximum atomic E-state index is 12.0. The van der Waals surface area contributed by atoms with Gasteiger partial charge in [-0.05, 0) is 63.3 Å². The van der Waals surface area contributed by atoms with Gasteiger partial charge >= 0.3 is 12.1 Å². The van der Waals surface area contributed by atoms with Gasteiger partial charge in [-0.1, -0.05) is 25.0 Å². The SMILES string of the molecule is Cc1cc(=O)[nH]c(NC(=O)NCCCCCCNC(=O)OCCCCCOc2cc(-c3ccccn3)nc(-c3ccccn3)c2)n1. The Hall–Kier alpha value is -5.33. The fourth-order valence-electron chi connectivity index (χ4n) is 4.45. The number of hydrogen-bond donors (Lipinski definition) is 4. The number of urea groups is 1. The molecule has 0 aromatic carbocycles. The number of rotatable bonds is 17. The summed E-state index contributed by atoms with van der Waals surface area (Å²) in [5.74, 6) is 0.811. The van der Waals surface area contributed by atoms with Crippen molar-refractivity contribution in [3.63, 3.8) is 0 Å². The molecule has 0 aliphatic carbocycles. The minimum absolute atomic E-state index is 0.113. The average molecular weight is 629 g/mol. The number of alkyl carbamates (subject to hydrolysis) is 1. The molecule has 0 saturated carbocycles. The van der Waals surface area contributed by atoms with Crippen LogP contribution in [-0.2, 0) is 4.74 Å². The summed E-state index contributed by atoms with van der Waals surface area (Å²) in [7, 11) is 0. The lowest BCUT2D eigenvalue weighted by Gasteiger charge is -2.11. The van der Waals surface area contributed by atoms with Crippen molar-refractivity contribution in [3.05, 3.63) is 83.0 Å². The first kappa shape index (κ1) is 33.6. The second-order valence-electron chi connectivity index (χ2n) is 10.5. The third-order valence-electron chi connectivity index (χ3n) is 6.70. The fraction of sp³-hybridized carbons (Fsp3) is 0.364. The van der Waals surface area contributed by atoms with Crippen LogP contribution in [-0.4, -0.2) is 63.3 Å². The van der Waals surface area contributed by atoms with Crippen molar-refractivity contribution in [1.29, 1.82) is 0 Å². The van der Waals surface area contributed by atoms with Gasteiger partial charge < -0.3 is 20.1 Å². The van der Waals surface area contributed by atoms with Crippen molar-refractivity contribution >= 4 is 18.1 Å². The molecule has 0 aliphatic heterocycles. The molecule has 4 heterocycles. The molecule has 0 radical (unpaired) electrons. The monoisotopic (exact) mass is 628 g/mol. The van der Waals surface area contributed by atoms with E-state index in [1.54, 1.807) is 19.3 Å². The normalized spacial score (nSPS) is 10.6. The number of pyridine rings is 3. The Labute approximate surface area is 267 Å². The van der Waals surface area contributed by atoms with Crippen LogP contribution in [0.5, 0.6) is 5.75 Å². The number of carbonyl (C=O) groups excluding carboxylic acids is 2. The number of carbonyl (C=O) groups is 2. The Bertz CT molecular complexity index is 1530. The molecule has 0 fully saturated rings. The molecule has 4 aromatic rings. The predicted molar refractivity (Wildman–Crippen MR) is 174 cm³/mol. The molecule has 0 spiro atoms. The molecule has 3 amide bonds. The van der Waals surface area contributed by atoms with Crippen LogP contribution in [0, 0.1) is 6.92 Å². The summed E-state index contributed by atoms with van der Waals surface area (Å²) in [5.41, 5.74) is 3.14. The van der Waals surface area contributed by atoms with E-state index >= 15 is 0 Å². The van der Waals surface area contributed by atoms with Gasteiger partial charge in [-0.25, -0.2) is 19.6 Å². The number of hydrogen-bond acceptors (Lipinski definition) is 9. The van der Waals surface area contributed by atoms with Gasteiger partial charge in [0.05, 0.1) is 36.0 Å². The van der Waals surface area contributed by atoms with Crippen molar-refractivity contribution in [1.82, 2.24) is 35.6 Å². The van der Waals surface area contributed by atoms with Gasteiger partial charge in [0.25, 0.3) is 5.56 Å². The van der Waals surface area contributed by atoms with Gasteiger partial charge in [0.1, 0.15) is 5.75 Å². The highest BCUT2D eigenvalue weighted by Gasteiger charge is 2.10. The summed E-state index contributed by atoms with van der Waals surface area (Å²) in [6, 6.07) is 16.1. The molecule has 4 rings (SSSR count). The fourth-order valence-corrected chi connectivity index (χ4v) is 4.45.